The van der Waals surface area contributed by atoms with Crippen LogP contribution in [-0.4, -0.2) is 59.3 Å². The van der Waals surface area contributed by atoms with Gasteiger partial charge in [-0.05, 0) is 19.3 Å². The highest BCUT2D eigenvalue weighted by Crippen LogP contribution is 2.18. The minimum atomic E-state index is -0.517. The van der Waals surface area contributed by atoms with Gasteiger partial charge in [0, 0.05) is 44.1 Å². The van der Waals surface area contributed by atoms with Crippen LogP contribution in [0.3, 0.4) is 0 Å². The first-order valence-corrected chi connectivity index (χ1v) is 8.82. The van der Waals surface area contributed by atoms with Gasteiger partial charge in [-0.3, -0.25) is 9.69 Å². The number of β-amino-alcohol motifs (C(OH)–C–C–N with tert-alkyl or cyclic N) is 1. The van der Waals surface area contributed by atoms with E-state index >= 15 is 0 Å². The number of nitrogens with one attached hydrogen (secondary N) is 1. The molecule has 1 aromatic heterocycles. The Kier molecular flexibility index (Phi) is 5.41. The van der Waals surface area contributed by atoms with E-state index in [1.165, 1.54) is 0 Å². The van der Waals surface area contributed by atoms with Gasteiger partial charge in [-0.1, -0.05) is 0 Å². The van der Waals surface area contributed by atoms with Crippen molar-refractivity contribution in [3.8, 4) is 0 Å². The Morgan fingerprint density at radius 1 is 1.45 bits per heavy atom. The molecule has 2 N–H and O–H groups in total. The lowest BCUT2D eigenvalue weighted by Gasteiger charge is -2.36. The summed E-state index contributed by atoms with van der Waals surface area (Å²) in [7, 11) is 0. The second-order valence-electron chi connectivity index (χ2n) is 6.07. The van der Waals surface area contributed by atoms with E-state index in [-0.39, 0.29) is 17.9 Å². The van der Waals surface area contributed by atoms with Crippen LogP contribution in [0.25, 0.3) is 0 Å². The number of aliphatic hydroxyl groups is 1. The predicted molar refractivity (Wildman–Crippen MR) is 83.5 cm³/mol. The minimum Gasteiger partial charge on any atom is -0.390 e. The van der Waals surface area contributed by atoms with Crippen LogP contribution >= 0.6 is 11.3 Å². The summed E-state index contributed by atoms with van der Waals surface area (Å²) in [6.07, 6.45) is 1.83. The molecule has 22 heavy (non-hydrogen) atoms. The van der Waals surface area contributed by atoms with E-state index in [2.05, 4.69) is 15.2 Å². The molecule has 122 valence electrons. The molecule has 0 unspecified atom stereocenters. The maximum Gasteiger partial charge on any atom is 0.223 e. The van der Waals surface area contributed by atoms with E-state index in [4.69, 9.17) is 4.74 Å². The molecule has 7 heteroatoms. The molecule has 2 aliphatic rings. The largest absolute Gasteiger partial charge is 0.390 e. The quantitative estimate of drug-likeness (QED) is 0.849. The van der Waals surface area contributed by atoms with Crippen LogP contribution in [0.15, 0.2) is 10.9 Å². The van der Waals surface area contributed by atoms with E-state index in [1.807, 2.05) is 10.9 Å². The molecule has 2 aliphatic heterocycles. The molecule has 1 aromatic rings. The van der Waals surface area contributed by atoms with Gasteiger partial charge in [0.1, 0.15) is 0 Å². The van der Waals surface area contributed by atoms with Crippen molar-refractivity contribution in [2.45, 2.75) is 38.0 Å². The maximum absolute atomic E-state index is 12.2. The second-order valence-corrected chi connectivity index (χ2v) is 6.79. The average molecular weight is 325 g/mol. The predicted octanol–water partition coefficient (Wildman–Crippen LogP) is 0.621. The Morgan fingerprint density at radius 2 is 2.27 bits per heavy atom. The Morgan fingerprint density at radius 3 is 2.95 bits per heavy atom. The molecule has 3 rings (SSSR count). The van der Waals surface area contributed by atoms with Crippen molar-refractivity contribution in [2.24, 2.45) is 5.92 Å². The molecule has 2 saturated heterocycles. The van der Waals surface area contributed by atoms with Crippen LogP contribution < -0.4 is 5.32 Å². The fourth-order valence-corrected chi connectivity index (χ4v) is 3.66. The zero-order chi connectivity index (χ0) is 15.4. The standard InChI is InChI=1S/C15H23N3O3S/c19-14-8-18(7-12-9-22-10-16-12)4-1-13(14)17-15(20)11-2-5-21-6-3-11/h9-11,13-14,19H,1-8H2,(H,17,20)/t13-,14-/m1/s1. The van der Waals surface area contributed by atoms with Gasteiger partial charge in [0.15, 0.2) is 0 Å². The Balaban J connectivity index is 1.46. The van der Waals surface area contributed by atoms with Crippen molar-refractivity contribution in [3.05, 3.63) is 16.6 Å². The number of rotatable bonds is 4. The summed E-state index contributed by atoms with van der Waals surface area (Å²) in [6.45, 7) is 3.53. The van der Waals surface area contributed by atoms with Crippen molar-refractivity contribution in [2.75, 3.05) is 26.3 Å². The molecule has 3 heterocycles. The third-order valence-electron chi connectivity index (χ3n) is 4.45. The Bertz CT molecular complexity index is 476. The highest BCUT2D eigenvalue weighted by Gasteiger charge is 2.31. The lowest BCUT2D eigenvalue weighted by atomic mass is 9.96. The third kappa shape index (κ3) is 4.04. The first-order chi connectivity index (χ1) is 10.7. The van der Waals surface area contributed by atoms with Gasteiger partial charge < -0.3 is 15.2 Å². The van der Waals surface area contributed by atoms with Gasteiger partial charge in [0.2, 0.25) is 5.91 Å². The second kappa shape index (κ2) is 7.50. The maximum atomic E-state index is 12.2. The first kappa shape index (κ1) is 15.9. The molecular formula is C15H23N3O3S. The molecule has 6 nitrogen and oxygen atoms in total. The summed E-state index contributed by atoms with van der Waals surface area (Å²) in [5, 5.41) is 15.4. The number of hydrogen-bond acceptors (Lipinski definition) is 6. The average Bonchev–Trinajstić information content (AvgIpc) is 3.04. The number of amides is 1. The topological polar surface area (TPSA) is 74.7 Å². The van der Waals surface area contributed by atoms with Crippen LogP contribution in [0.5, 0.6) is 0 Å². The molecule has 0 radical (unpaired) electrons. The van der Waals surface area contributed by atoms with Crippen LogP contribution in [0.1, 0.15) is 25.0 Å². The molecule has 2 atom stereocenters. The summed E-state index contributed by atoms with van der Waals surface area (Å²) in [4.78, 5) is 18.7. The fourth-order valence-electron chi connectivity index (χ4n) is 3.11. The van der Waals surface area contributed by atoms with Crippen LogP contribution in [0.2, 0.25) is 0 Å². The smallest absolute Gasteiger partial charge is 0.223 e. The van der Waals surface area contributed by atoms with Crippen LogP contribution in [0.4, 0.5) is 0 Å². The molecule has 0 saturated carbocycles. The summed E-state index contributed by atoms with van der Waals surface area (Å²) >= 11 is 1.59. The van der Waals surface area contributed by atoms with Crippen LogP contribution in [0, 0.1) is 5.92 Å². The van der Waals surface area contributed by atoms with Gasteiger partial charge >= 0.3 is 0 Å². The Labute approximate surface area is 134 Å². The number of aliphatic hydroxyl groups excluding tert-OH is 1. The number of aromatic nitrogens is 1. The van der Waals surface area contributed by atoms with Crippen molar-refractivity contribution >= 4 is 17.2 Å². The van der Waals surface area contributed by atoms with E-state index in [9.17, 15) is 9.90 Å². The zero-order valence-corrected chi connectivity index (χ0v) is 13.4. The SMILES string of the molecule is O=C(N[C@@H]1CCN(Cc2cscn2)C[C@H]1O)C1CCOCC1. The molecule has 0 spiro atoms. The van der Waals surface area contributed by atoms with E-state index in [1.54, 1.807) is 11.3 Å². The number of thiazole rings is 1. The molecular weight excluding hydrogens is 302 g/mol. The van der Waals surface area contributed by atoms with Gasteiger partial charge in [-0.2, -0.15) is 0 Å². The Hall–Kier alpha value is -1.02. The number of hydrogen-bond donors (Lipinski definition) is 2. The minimum absolute atomic E-state index is 0.0361. The van der Waals surface area contributed by atoms with Crippen molar-refractivity contribution < 1.29 is 14.6 Å². The van der Waals surface area contributed by atoms with Gasteiger partial charge in [-0.25, -0.2) is 4.98 Å². The lowest BCUT2D eigenvalue weighted by molar-refractivity contribution is -0.130. The fraction of sp³-hybridized carbons (Fsp3) is 0.733. The van der Waals surface area contributed by atoms with Crippen molar-refractivity contribution in [1.82, 2.24) is 15.2 Å². The molecule has 2 fully saturated rings. The number of carbonyl (C=O) groups excluding carboxylic acids is 1. The number of ether oxygens (including phenoxy) is 1. The molecule has 1 amide bonds. The zero-order valence-electron chi connectivity index (χ0n) is 12.6. The van der Waals surface area contributed by atoms with Gasteiger partial charge in [0.05, 0.1) is 23.4 Å². The molecule has 0 aliphatic carbocycles. The van der Waals surface area contributed by atoms with Crippen molar-refractivity contribution in [1.29, 1.82) is 0 Å². The van der Waals surface area contributed by atoms with Gasteiger partial charge in [0.25, 0.3) is 0 Å². The monoisotopic (exact) mass is 325 g/mol. The van der Waals surface area contributed by atoms with E-state index < -0.39 is 6.10 Å². The summed E-state index contributed by atoms with van der Waals surface area (Å²) in [5.41, 5.74) is 2.87. The number of likely N-dealkylation sites (tertiary alicyclic amines) is 1. The van der Waals surface area contributed by atoms with Crippen molar-refractivity contribution in [3.63, 3.8) is 0 Å². The van der Waals surface area contributed by atoms with Crippen LogP contribution in [-0.2, 0) is 16.1 Å². The van der Waals surface area contributed by atoms with E-state index in [0.717, 1.165) is 38.0 Å². The highest BCUT2D eigenvalue weighted by atomic mass is 32.1. The molecule has 0 aromatic carbocycles. The summed E-state index contributed by atoms with van der Waals surface area (Å²) in [6, 6.07) is -0.137. The first-order valence-electron chi connectivity index (χ1n) is 7.88. The number of carbonyl (C=O) groups is 1. The van der Waals surface area contributed by atoms with E-state index in [0.29, 0.717) is 19.8 Å². The highest BCUT2D eigenvalue weighted by molar-refractivity contribution is 7.07. The third-order valence-corrected chi connectivity index (χ3v) is 5.09. The number of piperidine rings is 1. The summed E-state index contributed by atoms with van der Waals surface area (Å²) < 4.78 is 5.28. The van der Waals surface area contributed by atoms with Gasteiger partial charge in [-0.15, -0.1) is 11.3 Å². The summed E-state index contributed by atoms with van der Waals surface area (Å²) in [5.74, 6) is 0.106. The molecule has 0 bridgehead atoms. The normalized spacial score (nSPS) is 27.7. The number of nitrogens with zero attached hydrogens (tertiary/aromatic N) is 2. The lowest BCUT2D eigenvalue weighted by Crippen LogP contribution is -2.55.